The molecule has 2 aliphatic rings. The summed E-state index contributed by atoms with van der Waals surface area (Å²) in [7, 11) is 3.39. The first kappa shape index (κ1) is 23.2. The first-order chi connectivity index (χ1) is 15.3. The van der Waals surface area contributed by atoms with Crippen LogP contribution in [0.15, 0.2) is 12.1 Å². The number of aromatic nitrogens is 1. The van der Waals surface area contributed by atoms with Crippen molar-refractivity contribution in [1.29, 1.82) is 0 Å². The molecule has 1 saturated heterocycles. The van der Waals surface area contributed by atoms with Crippen LogP contribution in [-0.4, -0.2) is 78.4 Å². The summed E-state index contributed by atoms with van der Waals surface area (Å²) < 4.78 is 5.46. The van der Waals surface area contributed by atoms with Crippen LogP contribution < -0.4 is 5.32 Å². The summed E-state index contributed by atoms with van der Waals surface area (Å²) in [6, 6.07) is 2.17. The van der Waals surface area contributed by atoms with E-state index in [1.165, 1.54) is 34.7 Å². The molecule has 3 atom stereocenters. The van der Waals surface area contributed by atoms with E-state index in [2.05, 4.69) is 29.2 Å². The third-order valence-corrected chi connectivity index (χ3v) is 8.20. The molecule has 32 heavy (non-hydrogen) atoms. The number of carbonyl (C=O) groups is 3. The minimum Gasteiger partial charge on any atom is -0.467 e. The van der Waals surface area contributed by atoms with Crippen LogP contribution in [0, 0.1) is 0 Å². The number of likely N-dealkylation sites (tertiary alicyclic amines) is 1. The third-order valence-electron chi connectivity index (χ3n) is 5.85. The summed E-state index contributed by atoms with van der Waals surface area (Å²) in [4.78, 5) is 48.4. The monoisotopic (exact) mass is 496 g/mol. The smallest absolute Gasteiger partial charge is 0.328 e. The van der Waals surface area contributed by atoms with Crippen molar-refractivity contribution in [3.63, 3.8) is 0 Å². The van der Waals surface area contributed by atoms with E-state index < -0.39 is 12.0 Å². The first-order valence-electron chi connectivity index (χ1n) is 10.4. The van der Waals surface area contributed by atoms with E-state index >= 15 is 0 Å². The zero-order valence-corrected chi connectivity index (χ0v) is 20.5. The van der Waals surface area contributed by atoms with Crippen LogP contribution >= 0.6 is 34.3 Å². The van der Waals surface area contributed by atoms with E-state index in [1.54, 1.807) is 12.1 Å². The highest BCUT2D eigenvalue weighted by atomic mass is 35.5. The lowest BCUT2D eigenvalue weighted by Gasteiger charge is -2.21. The van der Waals surface area contributed by atoms with Crippen LogP contribution in [0.25, 0.3) is 0 Å². The van der Waals surface area contributed by atoms with E-state index in [0.29, 0.717) is 14.2 Å². The van der Waals surface area contributed by atoms with Crippen molar-refractivity contribution >= 4 is 52.1 Å². The van der Waals surface area contributed by atoms with Gasteiger partial charge in [0.2, 0.25) is 0 Å². The number of halogens is 1. The molecule has 2 aromatic heterocycles. The van der Waals surface area contributed by atoms with Gasteiger partial charge in [-0.15, -0.1) is 22.7 Å². The fourth-order valence-corrected chi connectivity index (χ4v) is 6.37. The number of esters is 1. The molecule has 0 radical (unpaired) electrons. The van der Waals surface area contributed by atoms with Gasteiger partial charge in [0.1, 0.15) is 6.04 Å². The maximum Gasteiger partial charge on any atom is 0.328 e. The van der Waals surface area contributed by atoms with Gasteiger partial charge in [-0.05, 0) is 25.6 Å². The van der Waals surface area contributed by atoms with Crippen molar-refractivity contribution in [2.45, 2.75) is 37.8 Å². The zero-order chi connectivity index (χ0) is 23.0. The number of fused-ring (bicyclic) bond motifs is 1. The summed E-state index contributed by atoms with van der Waals surface area (Å²) in [5.74, 6) is -0.837. The Morgan fingerprint density at radius 3 is 2.72 bits per heavy atom. The molecule has 2 aliphatic heterocycles. The molecule has 0 saturated carbocycles. The van der Waals surface area contributed by atoms with Gasteiger partial charge in [0, 0.05) is 42.9 Å². The number of ether oxygens (including phenoxy) is 1. The van der Waals surface area contributed by atoms with Crippen molar-refractivity contribution in [1.82, 2.24) is 20.1 Å². The Hall–Kier alpha value is -2.01. The van der Waals surface area contributed by atoms with E-state index in [4.69, 9.17) is 16.3 Å². The van der Waals surface area contributed by atoms with Crippen LogP contribution in [0.5, 0.6) is 0 Å². The van der Waals surface area contributed by atoms with Gasteiger partial charge in [0.15, 0.2) is 5.01 Å². The van der Waals surface area contributed by atoms with Gasteiger partial charge < -0.3 is 19.9 Å². The van der Waals surface area contributed by atoms with Crippen LogP contribution in [0.2, 0.25) is 4.34 Å². The molecule has 2 amide bonds. The largest absolute Gasteiger partial charge is 0.467 e. The number of methoxy groups -OCH3 is 1. The summed E-state index contributed by atoms with van der Waals surface area (Å²) in [5, 5.41) is 3.30. The number of rotatable bonds is 4. The van der Waals surface area contributed by atoms with Crippen molar-refractivity contribution in [3.8, 4) is 0 Å². The SMILES string of the molecule is COC(=O)[C@@H]1C[C@@H](NC(=O)c2ccc(Cl)s2)CN1C(=O)c1nc2c(s1)CCN(C)CC2C. The number of nitrogens with zero attached hydrogens (tertiary/aromatic N) is 3. The first-order valence-corrected chi connectivity index (χ1v) is 12.4. The summed E-state index contributed by atoms with van der Waals surface area (Å²) in [6.07, 6.45) is 1.14. The van der Waals surface area contributed by atoms with Crippen molar-refractivity contribution < 1.29 is 19.1 Å². The second kappa shape index (κ2) is 9.46. The minimum atomic E-state index is -0.767. The van der Waals surface area contributed by atoms with Crippen LogP contribution in [-0.2, 0) is 16.0 Å². The normalized spacial score (nSPS) is 23.5. The van der Waals surface area contributed by atoms with Crippen LogP contribution in [0.3, 0.4) is 0 Å². The molecule has 172 valence electrons. The summed E-state index contributed by atoms with van der Waals surface area (Å²) >= 11 is 8.51. The Balaban J connectivity index is 1.52. The van der Waals surface area contributed by atoms with Crippen molar-refractivity contribution in [3.05, 3.63) is 36.9 Å². The Morgan fingerprint density at radius 1 is 1.25 bits per heavy atom. The second-order valence-electron chi connectivity index (χ2n) is 8.25. The zero-order valence-electron chi connectivity index (χ0n) is 18.1. The minimum absolute atomic E-state index is 0.214. The highest BCUT2D eigenvalue weighted by molar-refractivity contribution is 7.18. The predicted octanol–water partition coefficient (Wildman–Crippen LogP) is 2.64. The molecule has 0 bridgehead atoms. The molecule has 11 heteroatoms. The molecule has 0 aromatic carbocycles. The number of thiophene rings is 1. The fraction of sp³-hybridized carbons (Fsp3) is 0.524. The Labute approximate surface area is 199 Å². The Morgan fingerprint density at radius 2 is 2.03 bits per heavy atom. The molecular formula is C21H25ClN4O4S2. The van der Waals surface area contributed by atoms with Crippen molar-refractivity contribution in [2.24, 2.45) is 0 Å². The van der Waals surface area contributed by atoms with Crippen molar-refractivity contribution in [2.75, 3.05) is 33.8 Å². The Bertz CT molecular complexity index is 1040. The maximum absolute atomic E-state index is 13.4. The van der Waals surface area contributed by atoms with Gasteiger partial charge in [-0.25, -0.2) is 9.78 Å². The van der Waals surface area contributed by atoms with Gasteiger partial charge in [-0.2, -0.15) is 0 Å². The number of carbonyl (C=O) groups excluding carboxylic acids is 3. The highest BCUT2D eigenvalue weighted by Crippen LogP contribution is 2.31. The van der Waals surface area contributed by atoms with Gasteiger partial charge >= 0.3 is 5.97 Å². The van der Waals surface area contributed by atoms with Gasteiger partial charge in [-0.1, -0.05) is 18.5 Å². The molecule has 2 aromatic rings. The predicted molar refractivity (Wildman–Crippen MR) is 124 cm³/mol. The number of nitrogens with one attached hydrogen (secondary N) is 1. The molecule has 1 unspecified atom stereocenters. The lowest BCUT2D eigenvalue weighted by atomic mass is 10.1. The number of hydrogen-bond donors (Lipinski definition) is 1. The molecule has 1 N–H and O–H groups in total. The van der Waals surface area contributed by atoms with Crippen LogP contribution in [0.1, 0.15) is 49.3 Å². The Kier molecular flexibility index (Phi) is 6.85. The lowest BCUT2D eigenvalue weighted by Crippen LogP contribution is -2.42. The average Bonchev–Trinajstić information content (AvgIpc) is 3.47. The van der Waals surface area contributed by atoms with Gasteiger partial charge in [0.25, 0.3) is 11.8 Å². The molecule has 4 rings (SSSR count). The summed E-state index contributed by atoms with van der Waals surface area (Å²) in [5.41, 5.74) is 0.968. The molecule has 0 spiro atoms. The average molecular weight is 497 g/mol. The standard InChI is InChI=1S/C21H25ClN4O4S2/c1-11-9-25(2)7-6-14-17(11)24-19(32-14)20(28)26-10-12(8-13(26)21(29)30-3)23-18(27)15-4-5-16(22)31-15/h4-5,11-13H,6-10H2,1-3H3,(H,23,27)/t11?,12-,13+/m1/s1. The maximum atomic E-state index is 13.4. The second-order valence-corrected chi connectivity index (χ2v) is 11.0. The highest BCUT2D eigenvalue weighted by Gasteiger charge is 2.42. The topological polar surface area (TPSA) is 91.8 Å². The molecular weight excluding hydrogens is 472 g/mol. The van der Waals surface area contributed by atoms with E-state index in [9.17, 15) is 14.4 Å². The van der Waals surface area contributed by atoms with Gasteiger partial charge in [-0.3, -0.25) is 9.59 Å². The molecule has 1 fully saturated rings. The molecule has 4 heterocycles. The van der Waals surface area contributed by atoms with Crippen LogP contribution in [0.4, 0.5) is 0 Å². The van der Waals surface area contributed by atoms with E-state index in [0.717, 1.165) is 30.1 Å². The quantitative estimate of drug-likeness (QED) is 0.654. The number of amides is 2. The number of likely N-dealkylation sites (N-methyl/N-ethyl adjacent to an activating group) is 1. The van der Waals surface area contributed by atoms with Gasteiger partial charge in [0.05, 0.1) is 22.0 Å². The fourth-order valence-electron chi connectivity index (χ4n) is 4.30. The van der Waals surface area contributed by atoms with E-state index in [1.807, 2.05) is 0 Å². The number of thiazole rings is 1. The third kappa shape index (κ3) is 4.68. The van der Waals surface area contributed by atoms with E-state index in [-0.39, 0.29) is 36.7 Å². The lowest BCUT2D eigenvalue weighted by molar-refractivity contribution is -0.145. The summed E-state index contributed by atoms with van der Waals surface area (Å²) in [6.45, 7) is 4.14. The number of hydrogen-bond acceptors (Lipinski definition) is 8. The molecule has 0 aliphatic carbocycles. The molecule has 8 nitrogen and oxygen atoms in total.